The van der Waals surface area contributed by atoms with Crippen LogP contribution >= 0.6 is 0 Å². The quantitative estimate of drug-likeness (QED) is 0.802. The van der Waals surface area contributed by atoms with Gasteiger partial charge in [0.1, 0.15) is 11.3 Å². The second-order valence-corrected chi connectivity index (χ2v) is 4.65. The number of nitrogens with zero attached hydrogens (tertiary/aromatic N) is 2. The third-order valence-corrected chi connectivity index (χ3v) is 3.30. The molecule has 0 saturated heterocycles. The smallest absolute Gasteiger partial charge is 0.343 e. The topological polar surface area (TPSA) is 64.3 Å². The van der Waals surface area contributed by atoms with Crippen LogP contribution in [-0.2, 0) is 0 Å². The van der Waals surface area contributed by atoms with Crippen molar-refractivity contribution < 1.29 is 14.6 Å². The molecule has 2 aromatic carbocycles. The first kappa shape index (κ1) is 13.9. The zero-order valence-electron chi connectivity index (χ0n) is 11.9. The Balaban J connectivity index is 2.27. The van der Waals surface area contributed by atoms with Gasteiger partial charge in [-0.25, -0.2) is 4.79 Å². The van der Waals surface area contributed by atoms with Crippen molar-refractivity contribution in [3.8, 4) is 22.8 Å². The summed E-state index contributed by atoms with van der Waals surface area (Å²) in [7, 11) is 1.44. The van der Waals surface area contributed by atoms with Gasteiger partial charge in [0.05, 0.1) is 12.8 Å². The number of ether oxygens (including phenoxy) is 1. The molecular formula is C17H14N2O3. The number of benzene rings is 2. The minimum absolute atomic E-state index is 0.0533. The fourth-order valence-electron chi connectivity index (χ4n) is 2.33. The first-order valence-electron chi connectivity index (χ1n) is 6.73. The van der Waals surface area contributed by atoms with Crippen LogP contribution in [0.5, 0.6) is 5.88 Å². The van der Waals surface area contributed by atoms with Crippen LogP contribution in [0.15, 0.2) is 60.7 Å². The van der Waals surface area contributed by atoms with E-state index in [1.807, 2.05) is 60.7 Å². The van der Waals surface area contributed by atoms with Crippen LogP contribution in [-0.4, -0.2) is 28.0 Å². The molecule has 110 valence electrons. The second kappa shape index (κ2) is 5.73. The number of aromatic carboxylic acids is 1. The Morgan fingerprint density at radius 3 is 2.18 bits per heavy atom. The van der Waals surface area contributed by atoms with Gasteiger partial charge in [-0.05, 0) is 12.1 Å². The molecule has 0 radical (unpaired) electrons. The van der Waals surface area contributed by atoms with Crippen molar-refractivity contribution >= 4 is 5.97 Å². The maximum atomic E-state index is 11.7. The highest BCUT2D eigenvalue weighted by Gasteiger charge is 2.26. The molecule has 3 aromatic rings. The lowest BCUT2D eigenvalue weighted by Gasteiger charge is -2.06. The molecule has 0 amide bonds. The molecule has 0 spiro atoms. The van der Waals surface area contributed by atoms with E-state index in [1.54, 1.807) is 0 Å². The van der Waals surface area contributed by atoms with Gasteiger partial charge in [0.2, 0.25) is 5.88 Å². The predicted molar refractivity (Wildman–Crippen MR) is 82.5 cm³/mol. The summed E-state index contributed by atoms with van der Waals surface area (Å²) in [6.07, 6.45) is 0. The highest BCUT2D eigenvalue weighted by Crippen LogP contribution is 2.32. The Bertz CT molecular complexity index is 796. The Morgan fingerprint density at radius 2 is 1.64 bits per heavy atom. The van der Waals surface area contributed by atoms with Gasteiger partial charge in [-0.2, -0.15) is 9.78 Å². The number of aromatic nitrogens is 2. The maximum Gasteiger partial charge on any atom is 0.343 e. The molecule has 1 aromatic heterocycles. The Morgan fingerprint density at radius 1 is 1.05 bits per heavy atom. The molecule has 5 heteroatoms. The van der Waals surface area contributed by atoms with Gasteiger partial charge in [-0.3, -0.25) is 0 Å². The van der Waals surface area contributed by atoms with E-state index in [4.69, 9.17) is 4.74 Å². The Hall–Kier alpha value is -3.08. The number of carboxylic acid groups (broad SMARTS) is 1. The summed E-state index contributed by atoms with van der Waals surface area (Å²) in [6.45, 7) is 0. The van der Waals surface area contributed by atoms with Gasteiger partial charge in [0.15, 0.2) is 0 Å². The van der Waals surface area contributed by atoms with Crippen molar-refractivity contribution in [1.29, 1.82) is 0 Å². The fourth-order valence-corrected chi connectivity index (χ4v) is 2.33. The lowest BCUT2D eigenvalue weighted by molar-refractivity contribution is 0.0694. The van der Waals surface area contributed by atoms with Crippen LogP contribution in [0, 0.1) is 0 Å². The van der Waals surface area contributed by atoms with Crippen molar-refractivity contribution in [1.82, 2.24) is 9.78 Å². The van der Waals surface area contributed by atoms with Crippen LogP contribution < -0.4 is 4.74 Å². The molecule has 0 unspecified atom stereocenters. The maximum absolute atomic E-state index is 11.7. The lowest BCUT2D eigenvalue weighted by Crippen LogP contribution is -2.03. The van der Waals surface area contributed by atoms with Crippen molar-refractivity contribution in [3.05, 3.63) is 66.2 Å². The highest BCUT2D eigenvalue weighted by atomic mass is 16.5. The van der Waals surface area contributed by atoms with Gasteiger partial charge in [-0.15, -0.1) is 0 Å². The van der Waals surface area contributed by atoms with Crippen molar-refractivity contribution in [2.75, 3.05) is 7.11 Å². The molecule has 1 heterocycles. The fraction of sp³-hybridized carbons (Fsp3) is 0.0588. The summed E-state index contributed by atoms with van der Waals surface area (Å²) in [6, 6.07) is 18.5. The summed E-state index contributed by atoms with van der Waals surface area (Å²) in [5, 5.41) is 14.0. The SMILES string of the molecule is COc1c(C(=O)O)c(-c2ccccc2)nn1-c1ccccc1. The average Bonchev–Trinajstić information content (AvgIpc) is 2.96. The number of hydrogen-bond donors (Lipinski definition) is 1. The van der Waals surface area contributed by atoms with E-state index >= 15 is 0 Å². The zero-order chi connectivity index (χ0) is 15.5. The van der Waals surface area contributed by atoms with E-state index < -0.39 is 5.97 Å². The normalized spacial score (nSPS) is 10.4. The zero-order valence-corrected chi connectivity index (χ0v) is 11.9. The summed E-state index contributed by atoms with van der Waals surface area (Å²) in [5.74, 6) is -0.865. The van der Waals surface area contributed by atoms with Gasteiger partial charge in [0, 0.05) is 5.56 Å². The van der Waals surface area contributed by atoms with Gasteiger partial charge < -0.3 is 9.84 Å². The summed E-state index contributed by atoms with van der Waals surface area (Å²) in [5.41, 5.74) is 1.91. The number of rotatable bonds is 4. The molecule has 0 fully saturated rings. The number of hydrogen-bond acceptors (Lipinski definition) is 3. The van der Waals surface area contributed by atoms with E-state index in [0.717, 1.165) is 11.3 Å². The molecule has 0 bridgehead atoms. The molecule has 3 rings (SSSR count). The van der Waals surface area contributed by atoms with Crippen LogP contribution in [0.3, 0.4) is 0 Å². The Kier molecular flexibility index (Phi) is 3.62. The summed E-state index contributed by atoms with van der Waals surface area (Å²) >= 11 is 0. The molecular weight excluding hydrogens is 280 g/mol. The highest BCUT2D eigenvalue weighted by molar-refractivity contribution is 5.97. The van der Waals surface area contributed by atoms with Crippen LogP contribution in [0.25, 0.3) is 16.9 Å². The average molecular weight is 294 g/mol. The summed E-state index contributed by atoms with van der Waals surface area (Å²) in [4.78, 5) is 11.7. The minimum Gasteiger partial charge on any atom is -0.480 e. The monoisotopic (exact) mass is 294 g/mol. The third-order valence-electron chi connectivity index (χ3n) is 3.30. The molecule has 22 heavy (non-hydrogen) atoms. The van der Waals surface area contributed by atoms with Gasteiger partial charge >= 0.3 is 5.97 Å². The third kappa shape index (κ3) is 2.33. The number of carbonyl (C=O) groups is 1. The van der Waals surface area contributed by atoms with Gasteiger partial charge in [0.25, 0.3) is 0 Å². The summed E-state index contributed by atoms with van der Waals surface area (Å²) < 4.78 is 6.82. The standard InChI is InChI=1S/C17H14N2O3/c1-22-16-14(17(20)21)15(12-8-4-2-5-9-12)18-19(16)13-10-6-3-7-11-13/h2-11H,1H3,(H,20,21). The second-order valence-electron chi connectivity index (χ2n) is 4.65. The molecule has 0 saturated carbocycles. The molecule has 0 aliphatic carbocycles. The van der Waals surface area contributed by atoms with Crippen molar-refractivity contribution in [2.24, 2.45) is 0 Å². The van der Waals surface area contributed by atoms with Crippen LogP contribution in [0.1, 0.15) is 10.4 Å². The van der Waals surface area contributed by atoms with Crippen molar-refractivity contribution in [2.45, 2.75) is 0 Å². The molecule has 0 aliphatic heterocycles. The van der Waals surface area contributed by atoms with E-state index in [-0.39, 0.29) is 11.4 Å². The molecule has 5 nitrogen and oxygen atoms in total. The minimum atomic E-state index is -1.07. The van der Waals surface area contributed by atoms with Crippen LogP contribution in [0.2, 0.25) is 0 Å². The molecule has 0 atom stereocenters. The van der Waals surface area contributed by atoms with E-state index in [0.29, 0.717) is 5.69 Å². The molecule has 0 aliphatic rings. The van der Waals surface area contributed by atoms with E-state index in [1.165, 1.54) is 11.8 Å². The van der Waals surface area contributed by atoms with Crippen molar-refractivity contribution in [3.63, 3.8) is 0 Å². The first-order valence-corrected chi connectivity index (χ1v) is 6.73. The lowest BCUT2D eigenvalue weighted by atomic mass is 10.1. The first-order chi connectivity index (χ1) is 10.7. The van der Waals surface area contributed by atoms with E-state index in [9.17, 15) is 9.90 Å². The number of para-hydroxylation sites is 1. The van der Waals surface area contributed by atoms with Gasteiger partial charge in [-0.1, -0.05) is 48.5 Å². The molecule has 1 N–H and O–H groups in total. The van der Waals surface area contributed by atoms with Crippen LogP contribution in [0.4, 0.5) is 0 Å². The largest absolute Gasteiger partial charge is 0.480 e. The Labute approximate surface area is 127 Å². The van der Waals surface area contributed by atoms with E-state index in [2.05, 4.69) is 5.10 Å². The number of methoxy groups -OCH3 is 1. The number of carboxylic acids is 1. The predicted octanol–water partition coefficient (Wildman–Crippen LogP) is 3.25.